The lowest BCUT2D eigenvalue weighted by Gasteiger charge is -2.15. The highest BCUT2D eigenvalue weighted by molar-refractivity contribution is 14.1. The summed E-state index contributed by atoms with van der Waals surface area (Å²) in [6.45, 7) is 3.83. The second-order valence-electron chi connectivity index (χ2n) is 8.18. The highest BCUT2D eigenvalue weighted by Crippen LogP contribution is 2.41. The maximum atomic E-state index is 12.5. The quantitative estimate of drug-likeness (QED) is 0.213. The molecule has 7 nitrogen and oxygen atoms in total. The van der Waals surface area contributed by atoms with Crippen LogP contribution in [0.4, 0.5) is 0 Å². The van der Waals surface area contributed by atoms with Crippen molar-refractivity contribution in [1.29, 1.82) is 0 Å². The van der Waals surface area contributed by atoms with Gasteiger partial charge in [0.1, 0.15) is 23.0 Å². The number of halogens is 1. The molecule has 0 aliphatic carbocycles. The number of thioether (sulfide) groups is 1. The summed E-state index contributed by atoms with van der Waals surface area (Å²) in [5.74, 6) is -0.275. The van der Waals surface area contributed by atoms with Gasteiger partial charge in [-0.05, 0) is 69.6 Å². The van der Waals surface area contributed by atoms with Gasteiger partial charge in [0.25, 0.3) is 0 Å². The topological polar surface area (TPSA) is 94.4 Å². The molecule has 0 bridgehead atoms. The molecule has 3 aromatic carbocycles. The Balaban J connectivity index is 1.65. The van der Waals surface area contributed by atoms with E-state index >= 15 is 0 Å². The zero-order valence-corrected chi connectivity index (χ0v) is 24.1. The Hall–Kier alpha value is -3.31. The summed E-state index contributed by atoms with van der Waals surface area (Å²) in [4.78, 5) is 28.8. The van der Waals surface area contributed by atoms with Crippen LogP contribution in [-0.4, -0.2) is 35.7 Å². The van der Waals surface area contributed by atoms with Crippen molar-refractivity contribution in [3.8, 4) is 11.5 Å². The van der Waals surface area contributed by atoms with Crippen LogP contribution in [0.15, 0.2) is 75.8 Å². The van der Waals surface area contributed by atoms with Crippen LogP contribution in [0.1, 0.15) is 31.4 Å². The van der Waals surface area contributed by atoms with Crippen LogP contribution in [0.25, 0.3) is 16.8 Å². The first-order valence-corrected chi connectivity index (χ1v) is 13.8. The molecule has 1 heterocycles. The molecule has 9 heteroatoms. The SMILES string of the molecule is CCOC(=O)C1=C(O)/C(=C/c2cc(I)c(OCc3cccc4ccccc34)c(OC)c2)SC1=NC(=O)CC. The molecule has 1 aliphatic rings. The molecule has 4 rings (SSSR count). The molecule has 3 aromatic rings. The molecule has 0 saturated heterocycles. The predicted molar refractivity (Wildman–Crippen MR) is 159 cm³/mol. The van der Waals surface area contributed by atoms with Crippen molar-refractivity contribution in [2.75, 3.05) is 13.7 Å². The number of carbonyl (C=O) groups excluding carboxylic acids is 2. The molecule has 1 amide bonds. The van der Waals surface area contributed by atoms with Crippen LogP contribution < -0.4 is 9.47 Å². The van der Waals surface area contributed by atoms with E-state index in [1.54, 1.807) is 33.1 Å². The van der Waals surface area contributed by atoms with E-state index in [1.807, 2.05) is 30.3 Å². The van der Waals surface area contributed by atoms with E-state index in [1.165, 1.54) is 0 Å². The van der Waals surface area contributed by atoms with Gasteiger partial charge in [-0.3, -0.25) is 4.79 Å². The molecule has 0 radical (unpaired) electrons. The van der Waals surface area contributed by atoms with Crippen LogP contribution in [0.5, 0.6) is 11.5 Å². The lowest BCUT2D eigenvalue weighted by Crippen LogP contribution is -2.14. The minimum atomic E-state index is -0.729. The van der Waals surface area contributed by atoms with E-state index in [-0.39, 0.29) is 29.4 Å². The Morgan fingerprint density at radius 3 is 2.61 bits per heavy atom. The van der Waals surface area contributed by atoms with Gasteiger partial charge in [0, 0.05) is 6.42 Å². The fourth-order valence-corrected chi connectivity index (χ4v) is 5.68. The van der Waals surface area contributed by atoms with Crippen LogP contribution in [0.3, 0.4) is 0 Å². The summed E-state index contributed by atoms with van der Waals surface area (Å²) in [6.07, 6.45) is 1.88. The number of esters is 1. The first-order valence-electron chi connectivity index (χ1n) is 11.9. The number of ether oxygens (including phenoxy) is 3. The molecule has 0 atom stereocenters. The van der Waals surface area contributed by atoms with Crippen molar-refractivity contribution in [2.24, 2.45) is 4.99 Å². The Bertz CT molecular complexity index is 1490. The van der Waals surface area contributed by atoms with Gasteiger partial charge in [0.2, 0.25) is 5.91 Å². The number of aliphatic imine (C=N–C) groups is 1. The summed E-state index contributed by atoms with van der Waals surface area (Å²) in [7, 11) is 1.56. The number of aliphatic hydroxyl groups is 1. The third-order valence-electron chi connectivity index (χ3n) is 5.70. The summed E-state index contributed by atoms with van der Waals surface area (Å²) < 4.78 is 17.7. The third-order valence-corrected chi connectivity index (χ3v) is 7.52. The van der Waals surface area contributed by atoms with Crippen molar-refractivity contribution in [3.63, 3.8) is 0 Å². The number of fused-ring (bicyclic) bond motifs is 1. The number of carbonyl (C=O) groups is 2. The molecule has 0 spiro atoms. The molecule has 1 aliphatic heterocycles. The van der Waals surface area contributed by atoms with Crippen molar-refractivity contribution in [3.05, 3.63) is 85.5 Å². The first kappa shape index (κ1) is 27.7. The van der Waals surface area contributed by atoms with Crippen LogP contribution in [-0.2, 0) is 20.9 Å². The number of methoxy groups -OCH3 is 1. The highest BCUT2D eigenvalue weighted by Gasteiger charge is 2.33. The van der Waals surface area contributed by atoms with Crippen molar-refractivity contribution in [2.45, 2.75) is 26.9 Å². The fourth-order valence-electron chi connectivity index (χ4n) is 3.87. The normalized spacial score (nSPS) is 15.4. The van der Waals surface area contributed by atoms with Crippen molar-refractivity contribution in [1.82, 2.24) is 0 Å². The Kier molecular flexibility index (Phi) is 9.11. The van der Waals surface area contributed by atoms with Crippen LogP contribution in [0.2, 0.25) is 0 Å². The minimum absolute atomic E-state index is 0.110. The predicted octanol–water partition coefficient (Wildman–Crippen LogP) is 6.83. The molecule has 0 saturated carbocycles. The van der Waals surface area contributed by atoms with E-state index in [0.29, 0.717) is 28.6 Å². The zero-order chi connectivity index (χ0) is 27.2. The zero-order valence-electron chi connectivity index (χ0n) is 21.1. The van der Waals surface area contributed by atoms with Gasteiger partial charge in [-0.25, -0.2) is 9.79 Å². The molecular weight excluding hydrogens is 617 g/mol. The van der Waals surface area contributed by atoms with Gasteiger partial charge in [-0.15, -0.1) is 0 Å². The second-order valence-corrected chi connectivity index (χ2v) is 10.4. The maximum Gasteiger partial charge on any atom is 0.344 e. The molecule has 38 heavy (non-hydrogen) atoms. The molecule has 0 fully saturated rings. The van der Waals surface area contributed by atoms with Gasteiger partial charge in [-0.1, -0.05) is 61.2 Å². The Labute approximate surface area is 238 Å². The number of amides is 1. The summed E-state index contributed by atoms with van der Waals surface area (Å²) in [5, 5.41) is 13.2. The lowest BCUT2D eigenvalue weighted by atomic mass is 10.1. The number of hydrogen-bond donors (Lipinski definition) is 1. The lowest BCUT2D eigenvalue weighted by molar-refractivity contribution is -0.138. The van der Waals surface area contributed by atoms with Gasteiger partial charge in [0.05, 0.1) is 22.2 Å². The van der Waals surface area contributed by atoms with Crippen molar-refractivity contribution < 1.29 is 28.9 Å². The fraction of sp³-hybridized carbons (Fsp3) is 0.207. The van der Waals surface area contributed by atoms with Gasteiger partial charge in [-0.2, -0.15) is 0 Å². The highest BCUT2D eigenvalue weighted by atomic mass is 127. The van der Waals surface area contributed by atoms with Crippen LogP contribution in [0, 0.1) is 3.57 Å². The number of rotatable bonds is 8. The van der Waals surface area contributed by atoms with E-state index < -0.39 is 11.9 Å². The van der Waals surface area contributed by atoms with E-state index in [0.717, 1.165) is 31.7 Å². The first-order chi connectivity index (χ1) is 18.4. The van der Waals surface area contributed by atoms with Gasteiger partial charge < -0.3 is 19.3 Å². The molecule has 196 valence electrons. The standard InChI is InChI=1S/C29H26INO6S/c1-4-24(32)31-28-25(29(34)36-5-2)26(33)23(38-28)15-17-13-21(30)27(22(14-17)35-3)37-16-19-11-8-10-18-9-6-7-12-20(18)19/h6-15,33H,4-5,16H2,1-3H3/b23-15-,31-28?. The maximum absolute atomic E-state index is 12.5. The number of benzene rings is 3. The Morgan fingerprint density at radius 2 is 1.87 bits per heavy atom. The molecule has 1 N–H and O–H groups in total. The number of aliphatic hydroxyl groups excluding tert-OH is 1. The molecular formula is C29H26INO6S. The van der Waals surface area contributed by atoms with E-state index in [9.17, 15) is 14.7 Å². The van der Waals surface area contributed by atoms with Crippen LogP contribution >= 0.6 is 34.4 Å². The summed E-state index contributed by atoms with van der Waals surface area (Å²) >= 11 is 3.22. The number of hydrogen-bond acceptors (Lipinski definition) is 7. The number of nitrogens with zero attached hydrogens (tertiary/aromatic N) is 1. The Morgan fingerprint density at radius 1 is 1.11 bits per heavy atom. The van der Waals surface area contributed by atoms with E-state index in [2.05, 4.69) is 45.8 Å². The average molecular weight is 643 g/mol. The summed E-state index contributed by atoms with van der Waals surface area (Å²) in [5.41, 5.74) is 1.66. The smallest absolute Gasteiger partial charge is 0.344 e. The minimum Gasteiger partial charge on any atom is -0.506 e. The van der Waals surface area contributed by atoms with Gasteiger partial charge in [0.15, 0.2) is 11.5 Å². The monoisotopic (exact) mass is 643 g/mol. The average Bonchev–Trinajstić information content (AvgIpc) is 3.21. The second kappa shape index (κ2) is 12.5. The molecule has 0 unspecified atom stereocenters. The van der Waals surface area contributed by atoms with Crippen molar-refractivity contribution >= 4 is 68.1 Å². The summed E-state index contributed by atoms with van der Waals surface area (Å²) in [6, 6.07) is 17.9. The third kappa shape index (κ3) is 6.05. The molecule has 0 aromatic heterocycles. The van der Waals surface area contributed by atoms with E-state index in [4.69, 9.17) is 14.2 Å². The largest absolute Gasteiger partial charge is 0.506 e. The van der Waals surface area contributed by atoms with Gasteiger partial charge >= 0.3 is 5.97 Å².